The lowest BCUT2D eigenvalue weighted by Gasteiger charge is -2.19. The predicted octanol–water partition coefficient (Wildman–Crippen LogP) is 3.46. The third-order valence-electron chi connectivity index (χ3n) is 4.64. The van der Waals surface area contributed by atoms with Crippen molar-refractivity contribution in [1.82, 2.24) is 9.88 Å². The number of carbonyl (C=O) groups is 1. The van der Waals surface area contributed by atoms with E-state index >= 15 is 0 Å². The van der Waals surface area contributed by atoms with E-state index < -0.39 is 6.10 Å². The van der Waals surface area contributed by atoms with Gasteiger partial charge in [-0.15, -0.1) is 0 Å². The Hall–Kier alpha value is -2.07. The molecule has 2 unspecified atom stereocenters. The van der Waals surface area contributed by atoms with E-state index in [4.69, 9.17) is 0 Å². The minimum absolute atomic E-state index is 0.121. The highest BCUT2D eigenvalue weighted by atomic mass is 16.3. The quantitative estimate of drug-likeness (QED) is 0.853. The SMILES string of the molecule is Cc1cc(C(=O)NCC(O)C(C)C)c(C)n1C(C)c1ccccc1. The third kappa shape index (κ3) is 3.88. The van der Waals surface area contributed by atoms with Crippen LogP contribution >= 0.6 is 0 Å². The zero-order valence-electron chi connectivity index (χ0n) is 15.2. The van der Waals surface area contributed by atoms with Gasteiger partial charge >= 0.3 is 0 Å². The number of nitrogens with zero attached hydrogens (tertiary/aromatic N) is 1. The van der Waals surface area contributed by atoms with Crippen molar-refractivity contribution < 1.29 is 9.90 Å². The molecular formula is C20H28N2O2. The van der Waals surface area contributed by atoms with Gasteiger partial charge in [0, 0.05) is 17.9 Å². The first kappa shape index (κ1) is 18.3. The summed E-state index contributed by atoms with van der Waals surface area (Å²) in [7, 11) is 0. The second-order valence-electron chi connectivity index (χ2n) is 6.76. The highest BCUT2D eigenvalue weighted by Crippen LogP contribution is 2.25. The zero-order chi connectivity index (χ0) is 17.9. The van der Waals surface area contributed by atoms with E-state index in [0.29, 0.717) is 5.56 Å². The Labute approximate surface area is 144 Å². The molecule has 0 fully saturated rings. The van der Waals surface area contributed by atoms with Crippen LogP contribution in [-0.2, 0) is 0 Å². The largest absolute Gasteiger partial charge is 0.391 e. The Morgan fingerprint density at radius 3 is 2.38 bits per heavy atom. The van der Waals surface area contributed by atoms with Gasteiger partial charge in [0.2, 0.25) is 0 Å². The van der Waals surface area contributed by atoms with Gasteiger partial charge < -0.3 is 15.0 Å². The maximum absolute atomic E-state index is 12.5. The molecule has 2 rings (SSSR count). The number of aliphatic hydroxyl groups excluding tert-OH is 1. The normalized spacial score (nSPS) is 13.8. The van der Waals surface area contributed by atoms with Gasteiger partial charge in [-0.3, -0.25) is 4.79 Å². The number of aliphatic hydroxyl groups is 1. The number of hydrogen-bond donors (Lipinski definition) is 2. The molecule has 0 aliphatic carbocycles. The first-order valence-corrected chi connectivity index (χ1v) is 8.52. The summed E-state index contributed by atoms with van der Waals surface area (Å²) in [5, 5.41) is 12.7. The Morgan fingerprint density at radius 2 is 1.79 bits per heavy atom. The number of aryl methyl sites for hydroxylation is 1. The molecule has 4 heteroatoms. The molecule has 0 spiro atoms. The highest BCUT2D eigenvalue weighted by Gasteiger charge is 2.20. The first-order valence-electron chi connectivity index (χ1n) is 8.52. The summed E-state index contributed by atoms with van der Waals surface area (Å²) in [4.78, 5) is 12.5. The maximum Gasteiger partial charge on any atom is 0.253 e. The lowest BCUT2D eigenvalue weighted by molar-refractivity contribution is 0.0871. The monoisotopic (exact) mass is 328 g/mol. The fraction of sp³-hybridized carbons (Fsp3) is 0.450. The minimum atomic E-state index is -0.527. The third-order valence-corrected chi connectivity index (χ3v) is 4.64. The van der Waals surface area contributed by atoms with Crippen molar-refractivity contribution in [2.45, 2.75) is 46.8 Å². The molecule has 0 saturated carbocycles. The summed E-state index contributed by atoms with van der Waals surface area (Å²) in [6, 6.07) is 12.3. The molecule has 1 aromatic heterocycles. The van der Waals surface area contributed by atoms with Crippen LogP contribution in [0.25, 0.3) is 0 Å². The smallest absolute Gasteiger partial charge is 0.253 e. The molecule has 0 saturated heterocycles. The summed E-state index contributed by atoms with van der Waals surface area (Å²) < 4.78 is 2.18. The van der Waals surface area contributed by atoms with E-state index in [9.17, 15) is 9.90 Å². The molecule has 24 heavy (non-hydrogen) atoms. The van der Waals surface area contributed by atoms with Crippen LogP contribution in [0.3, 0.4) is 0 Å². The second kappa shape index (κ2) is 7.67. The van der Waals surface area contributed by atoms with Crippen LogP contribution in [0.15, 0.2) is 36.4 Å². The minimum Gasteiger partial charge on any atom is -0.391 e. The molecule has 0 aliphatic rings. The van der Waals surface area contributed by atoms with Gasteiger partial charge in [0.15, 0.2) is 0 Å². The molecule has 4 nitrogen and oxygen atoms in total. The van der Waals surface area contributed by atoms with Crippen LogP contribution in [0.2, 0.25) is 0 Å². The van der Waals surface area contributed by atoms with Gasteiger partial charge in [0.25, 0.3) is 5.91 Å². The van der Waals surface area contributed by atoms with Crippen molar-refractivity contribution in [2.75, 3.05) is 6.54 Å². The summed E-state index contributed by atoms with van der Waals surface area (Å²) in [5.74, 6) is -0.00912. The Morgan fingerprint density at radius 1 is 1.17 bits per heavy atom. The van der Waals surface area contributed by atoms with E-state index in [1.807, 2.05) is 52.0 Å². The lowest BCUT2D eigenvalue weighted by atomic mass is 10.1. The van der Waals surface area contributed by atoms with Gasteiger partial charge in [-0.1, -0.05) is 44.2 Å². The van der Waals surface area contributed by atoms with Crippen molar-refractivity contribution in [1.29, 1.82) is 0 Å². The van der Waals surface area contributed by atoms with E-state index in [0.717, 1.165) is 11.4 Å². The van der Waals surface area contributed by atoms with Gasteiger partial charge in [0.1, 0.15) is 0 Å². The Balaban J connectivity index is 2.21. The van der Waals surface area contributed by atoms with E-state index in [-0.39, 0.29) is 24.4 Å². The summed E-state index contributed by atoms with van der Waals surface area (Å²) in [5.41, 5.74) is 3.88. The number of amides is 1. The lowest BCUT2D eigenvalue weighted by Crippen LogP contribution is -2.34. The van der Waals surface area contributed by atoms with Crippen molar-refractivity contribution in [2.24, 2.45) is 5.92 Å². The molecule has 2 N–H and O–H groups in total. The van der Waals surface area contributed by atoms with Gasteiger partial charge in [-0.25, -0.2) is 0 Å². The number of carbonyl (C=O) groups excluding carboxylic acids is 1. The average molecular weight is 328 g/mol. The fourth-order valence-electron chi connectivity index (χ4n) is 3.01. The van der Waals surface area contributed by atoms with E-state index in [2.05, 4.69) is 28.9 Å². The van der Waals surface area contributed by atoms with Gasteiger partial charge in [0.05, 0.1) is 17.7 Å². The van der Waals surface area contributed by atoms with Crippen molar-refractivity contribution >= 4 is 5.91 Å². The number of rotatable bonds is 6. The van der Waals surface area contributed by atoms with Crippen LogP contribution in [0.5, 0.6) is 0 Å². The number of aromatic nitrogens is 1. The topological polar surface area (TPSA) is 54.3 Å². The number of benzene rings is 1. The van der Waals surface area contributed by atoms with Gasteiger partial charge in [-0.2, -0.15) is 0 Å². The van der Waals surface area contributed by atoms with Crippen LogP contribution in [-0.4, -0.2) is 28.2 Å². The van der Waals surface area contributed by atoms with Crippen LogP contribution in [0.1, 0.15) is 54.1 Å². The van der Waals surface area contributed by atoms with Crippen LogP contribution in [0.4, 0.5) is 0 Å². The fourth-order valence-corrected chi connectivity index (χ4v) is 3.01. The molecule has 1 amide bonds. The van der Waals surface area contributed by atoms with E-state index in [1.165, 1.54) is 5.56 Å². The van der Waals surface area contributed by atoms with Crippen LogP contribution in [0, 0.1) is 19.8 Å². The first-order chi connectivity index (χ1) is 11.3. The average Bonchev–Trinajstić information content (AvgIpc) is 2.87. The van der Waals surface area contributed by atoms with E-state index in [1.54, 1.807) is 0 Å². The molecule has 130 valence electrons. The predicted molar refractivity (Wildman–Crippen MR) is 97.3 cm³/mol. The molecule has 1 heterocycles. The molecular weight excluding hydrogens is 300 g/mol. The summed E-state index contributed by atoms with van der Waals surface area (Å²) in [6.45, 7) is 10.3. The highest BCUT2D eigenvalue weighted by molar-refractivity contribution is 5.95. The Kier molecular flexibility index (Phi) is 5.84. The molecule has 0 radical (unpaired) electrons. The summed E-state index contributed by atoms with van der Waals surface area (Å²) >= 11 is 0. The molecule has 0 bridgehead atoms. The molecule has 2 atom stereocenters. The Bertz CT molecular complexity index is 689. The van der Waals surface area contributed by atoms with Crippen LogP contribution < -0.4 is 5.32 Å². The van der Waals surface area contributed by atoms with Gasteiger partial charge in [-0.05, 0) is 38.3 Å². The number of hydrogen-bond acceptors (Lipinski definition) is 2. The number of nitrogens with one attached hydrogen (secondary N) is 1. The molecule has 1 aromatic carbocycles. The standard InChI is InChI=1S/C20H28N2O2/c1-13(2)19(23)12-21-20(24)18-11-14(3)22(16(18)5)15(4)17-9-7-6-8-10-17/h6-11,13,15,19,23H,12H2,1-5H3,(H,21,24). The molecule has 0 aliphatic heterocycles. The summed E-state index contributed by atoms with van der Waals surface area (Å²) in [6.07, 6.45) is -0.527. The van der Waals surface area contributed by atoms with Crippen molar-refractivity contribution in [3.8, 4) is 0 Å². The van der Waals surface area contributed by atoms with Crippen molar-refractivity contribution in [3.05, 3.63) is 58.9 Å². The van der Waals surface area contributed by atoms with Crippen molar-refractivity contribution in [3.63, 3.8) is 0 Å². The molecule has 2 aromatic rings. The maximum atomic E-state index is 12.5. The second-order valence-corrected chi connectivity index (χ2v) is 6.76. The zero-order valence-corrected chi connectivity index (χ0v) is 15.2.